The van der Waals surface area contributed by atoms with Crippen LogP contribution in [0.3, 0.4) is 0 Å². The molecule has 0 aliphatic heterocycles. The van der Waals surface area contributed by atoms with Crippen LogP contribution in [0.5, 0.6) is 0 Å². The fraction of sp³-hybridized carbons (Fsp3) is 0.0667. The molecule has 0 bridgehead atoms. The molecule has 6 aromatic rings. The second kappa shape index (κ2) is 9.20. The van der Waals surface area contributed by atoms with Gasteiger partial charge >= 0.3 is 0 Å². The van der Waals surface area contributed by atoms with Crippen molar-refractivity contribution in [2.75, 3.05) is 0 Å². The number of aromatic amines is 1. The maximum atomic E-state index is 14.1. The summed E-state index contributed by atoms with van der Waals surface area (Å²) in [5.41, 5.74) is 6.28. The van der Waals surface area contributed by atoms with Gasteiger partial charge in [-0.3, -0.25) is 14.6 Å². The van der Waals surface area contributed by atoms with Crippen LogP contribution in [0.2, 0.25) is 0 Å². The first-order valence-corrected chi connectivity index (χ1v) is 12.0. The van der Waals surface area contributed by atoms with Gasteiger partial charge in [-0.25, -0.2) is 0 Å². The Morgan fingerprint density at radius 3 is 2.32 bits per heavy atom. The number of rotatable bonds is 5. The Morgan fingerprint density at radius 2 is 1.59 bits per heavy atom. The number of fused-ring (bicyclic) bond motifs is 2. The summed E-state index contributed by atoms with van der Waals surface area (Å²) in [6.45, 7) is 1.63. The molecule has 0 saturated carbocycles. The van der Waals surface area contributed by atoms with E-state index >= 15 is 0 Å². The van der Waals surface area contributed by atoms with E-state index in [9.17, 15) is 9.59 Å². The zero-order chi connectivity index (χ0) is 25.4. The van der Waals surface area contributed by atoms with E-state index in [1.807, 2.05) is 91.0 Å². The van der Waals surface area contributed by atoms with Crippen molar-refractivity contribution in [3.8, 4) is 33.5 Å². The zero-order valence-electron chi connectivity index (χ0n) is 20.1. The average Bonchev–Trinajstić information content (AvgIpc) is 3.32. The molecule has 180 valence electrons. The quantitative estimate of drug-likeness (QED) is 0.351. The third kappa shape index (κ3) is 4.06. The smallest absolute Gasteiger partial charge is 0.282 e. The number of carbonyl (C=O) groups is 1. The fourth-order valence-electron chi connectivity index (χ4n) is 4.67. The van der Waals surface area contributed by atoms with Crippen molar-refractivity contribution in [1.82, 2.24) is 24.9 Å². The molecule has 0 radical (unpaired) electrons. The van der Waals surface area contributed by atoms with Crippen molar-refractivity contribution in [3.05, 3.63) is 113 Å². The van der Waals surface area contributed by atoms with E-state index in [-0.39, 0.29) is 18.0 Å². The number of amides is 1. The lowest BCUT2D eigenvalue weighted by molar-refractivity contribution is -0.119. The van der Waals surface area contributed by atoms with Gasteiger partial charge in [0.05, 0.1) is 23.2 Å². The predicted octanol–water partition coefficient (Wildman–Crippen LogP) is 5.21. The summed E-state index contributed by atoms with van der Waals surface area (Å²) in [4.78, 5) is 33.8. The Balaban J connectivity index is 1.68. The summed E-state index contributed by atoms with van der Waals surface area (Å²) in [5.74, 6) is -0.184. The number of pyridine rings is 1. The van der Waals surface area contributed by atoms with Crippen molar-refractivity contribution in [3.63, 3.8) is 0 Å². The largest absolute Gasteiger partial charge is 0.351 e. The summed E-state index contributed by atoms with van der Waals surface area (Å²) >= 11 is 0. The highest BCUT2D eigenvalue weighted by atomic mass is 16.1. The second-order valence-electron chi connectivity index (χ2n) is 8.82. The van der Waals surface area contributed by atoms with Crippen LogP contribution in [-0.4, -0.2) is 25.5 Å². The Bertz CT molecular complexity index is 1820. The van der Waals surface area contributed by atoms with Crippen LogP contribution < -0.4 is 10.9 Å². The van der Waals surface area contributed by atoms with Crippen molar-refractivity contribution in [1.29, 1.82) is 0 Å². The van der Waals surface area contributed by atoms with E-state index in [1.165, 1.54) is 11.4 Å². The molecule has 0 unspecified atom stereocenters. The molecule has 1 amide bonds. The van der Waals surface area contributed by atoms with Crippen LogP contribution >= 0.6 is 0 Å². The van der Waals surface area contributed by atoms with E-state index in [0.717, 1.165) is 33.2 Å². The minimum atomic E-state index is -0.267. The monoisotopic (exact) mass is 485 g/mol. The third-order valence-corrected chi connectivity index (χ3v) is 6.38. The molecule has 0 spiro atoms. The number of aromatic nitrogens is 4. The maximum Gasteiger partial charge on any atom is 0.282 e. The molecule has 2 N–H and O–H groups in total. The number of carbonyl (C=O) groups excluding carboxylic acids is 1. The first kappa shape index (κ1) is 22.4. The Hall–Kier alpha value is -5.04. The molecule has 0 aliphatic carbocycles. The number of nitrogens with one attached hydrogen (secondary N) is 2. The van der Waals surface area contributed by atoms with Crippen LogP contribution in [0, 0.1) is 0 Å². The van der Waals surface area contributed by atoms with Crippen LogP contribution in [0.15, 0.2) is 102 Å². The van der Waals surface area contributed by atoms with Gasteiger partial charge in [-0.2, -0.15) is 9.61 Å². The van der Waals surface area contributed by atoms with Crippen LogP contribution in [0.25, 0.3) is 50.1 Å². The molecular weight excluding hydrogens is 462 g/mol. The van der Waals surface area contributed by atoms with Crippen molar-refractivity contribution in [2.45, 2.75) is 13.5 Å². The van der Waals surface area contributed by atoms with Gasteiger partial charge in [0.25, 0.3) is 5.56 Å². The number of H-pyrrole nitrogens is 1. The zero-order valence-corrected chi connectivity index (χ0v) is 20.1. The lowest BCUT2D eigenvalue weighted by Gasteiger charge is -2.12. The van der Waals surface area contributed by atoms with Gasteiger partial charge < -0.3 is 10.3 Å². The first-order valence-electron chi connectivity index (χ1n) is 12.0. The Morgan fingerprint density at radius 1 is 0.865 bits per heavy atom. The third-order valence-electron chi connectivity index (χ3n) is 6.38. The number of benzene rings is 3. The Labute approximate surface area is 212 Å². The maximum absolute atomic E-state index is 14.1. The Kier molecular flexibility index (Phi) is 5.58. The molecule has 3 aromatic carbocycles. The first-order chi connectivity index (χ1) is 18.1. The van der Waals surface area contributed by atoms with E-state index in [4.69, 9.17) is 5.10 Å². The minimum absolute atomic E-state index is 0.168. The van der Waals surface area contributed by atoms with Crippen LogP contribution in [0.4, 0.5) is 0 Å². The standard InChI is InChI=1S/C30H23N5O2/c1-19(36)32-18-25-26(23-14-15-24-22(17-23)13-8-16-31-24)30(37)35-29(33-25)27(20-9-4-2-5-10-20)28(34-35)21-11-6-3-7-12-21/h2-17,33H,18H2,1H3,(H,32,36). The summed E-state index contributed by atoms with van der Waals surface area (Å²) in [6.07, 6.45) is 1.74. The molecule has 3 heterocycles. The average molecular weight is 486 g/mol. The number of hydrogen-bond acceptors (Lipinski definition) is 4. The molecule has 7 heteroatoms. The second-order valence-corrected chi connectivity index (χ2v) is 8.82. The van der Waals surface area contributed by atoms with E-state index in [2.05, 4.69) is 15.3 Å². The van der Waals surface area contributed by atoms with E-state index in [0.29, 0.717) is 22.6 Å². The number of nitrogens with zero attached hydrogens (tertiary/aromatic N) is 3. The van der Waals surface area contributed by atoms with Crippen molar-refractivity contribution in [2.24, 2.45) is 0 Å². The summed E-state index contributed by atoms with van der Waals surface area (Å²) in [5, 5.41) is 8.58. The SMILES string of the molecule is CC(=O)NCc1[nH]c2c(-c3ccccc3)c(-c3ccccc3)nn2c(=O)c1-c1ccc2ncccc2c1. The van der Waals surface area contributed by atoms with Crippen LogP contribution in [-0.2, 0) is 11.3 Å². The molecule has 6 rings (SSSR count). The molecule has 0 fully saturated rings. The van der Waals surface area contributed by atoms with Gasteiger partial charge in [0.1, 0.15) is 11.3 Å². The minimum Gasteiger partial charge on any atom is -0.351 e. The van der Waals surface area contributed by atoms with Gasteiger partial charge in [0.2, 0.25) is 5.91 Å². The molecular formula is C30H23N5O2. The fourth-order valence-corrected chi connectivity index (χ4v) is 4.67. The van der Waals surface area contributed by atoms with E-state index < -0.39 is 0 Å². The lowest BCUT2D eigenvalue weighted by atomic mass is 10.0. The molecule has 37 heavy (non-hydrogen) atoms. The number of hydrogen-bond donors (Lipinski definition) is 2. The normalized spacial score (nSPS) is 11.2. The molecule has 3 aromatic heterocycles. The molecule has 0 atom stereocenters. The van der Waals surface area contributed by atoms with Crippen LogP contribution in [0.1, 0.15) is 12.6 Å². The van der Waals surface area contributed by atoms with Gasteiger partial charge in [0.15, 0.2) is 0 Å². The van der Waals surface area contributed by atoms with E-state index in [1.54, 1.807) is 6.20 Å². The predicted molar refractivity (Wildman–Crippen MR) is 145 cm³/mol. The molecule has 0 aliphatic rings. The van der Waals surface area contributed by atoms with Gasteiger partial charge in [0, 0.05) is 29.8 Å². The lowest BCUT2D eigenvalue weighted by Crippen LogP contribution is -2.25. The van der Waals surface area contributed by atoms with Gasteiger partial charge in [-0.1, -0.05) is 72.8 Å². The molecule has 0 saturated heterocycles. The van der Waals surface area contributed by atoms with Crippen molar-refractivity contribution >= 4 is 22.5 Å². The van der Waals surface area contributed by atoms with Gasteiger partial charge in [-0.15, -0.1) is 0 Å². The highest BCUT2D eigenvalue weighted by Gasteiger charge is 2.22. The highest BCUT2D eigenvalue weighted by molar-refractivity contribution is 5.91. The molecule has 7 nitrogen and oxygen atoms in total. The summed E-state index contributed by atoms with van der Waals surface area (Å²) in [7, 11) is 0. The summed E-state index contributed by atoms with van der Waals surface area (Å²) in [6, 6.07) is 29.2. The van der Waals surface area contributed by atoms with Gasteiger partial charge in [-0.05, 0) is 29.3 Å². The highest BCUT2D eigenvalue weighted by Crippen LogP contribution is 2.35. The topological polar surface area (TPSA) is 92.1 Å². The summed E-state index contributed by atoms with van der Waals surface area (Å²) < 4.78 is 1.44. The van der Waals surface area contributed by atoms with Crippen molar-refractivity contribution < 1.29 is 4.79 Å².